The molecule has 0 spiro atoms. The number of ketones is 1. The van der Waals surface area contributed by atoms with Gasteiger partial charge in [-0.15, -0.1) is 0 Å². The van der Waals surface area contributed by atoms with Crippen LogP contribution < -0.4 is 0 Å². The number of carbonyl (C=O) groups excluding carboxylic acids is 1. The maximum atomic E-state index is 13.6. The molecule has 0 radical (unpaired) electrons. The Labute approximate surface area is 239 Å². The highest BCUT2D eigenvalue weighted by Gasteiger charge is 2.68. The van der Waals surface area contributed by atoms with Crippen molar-refractivity contribution in [3.8, 4) is 5.82 Å². The van der Waals surface area contributed by atoms with Gasteiger partial charge in [0.1, 0.15) is 5.60 Å². The number of thioether (sulfide) groups is 1. The molecule has 3 heterocycles. The highest BCUT2D eigenvalue weighted by molar-refractivity contribution is 7.99. The van der Waals surface area contributed by atoms with Crippen LogP contribution in [-0.4, -0.2) is 53.2 Å². The van der Waals surface area contributed by atoms with Crippen LogP contribution in [0.5, 0.6) is 0 Å². The Kier molecular flexibility index (Phi) is 6.11. The third-order valence-electron chi connectivity index (χ3n) is 10.9. The van der Waals surface area contributed by atoms with Gasteiger partial charge in [0.25, 0.3) is 0 Å². The molecular weight excluding hydrogens is 520 g/mol. The summed E-state index contributed by atoms with van der Waals surface area (Å²) in [5, 5.41) is 29.4. The average molecular weight is 557 g/mol. The monoisotopic (exact) mass is 556 g/mol. The zero-order chi connectivity index (χ0) is 27.7. The number of aliphatic hydroxyl groups is 2. The van der Waals surface area contributed by atoms with Gasteiger partial charge in [0, 0.05) is 17.8 Å². The molecule has 208 valence electrons. The lowest BCUT2D eigenvalue weighted by Gasteiger charge is -2.60. The minimum absolute atomic E-state index is 0.0808. The summed E-state index contributed by atoms with van der Waals surface area (Å²) in [7, 11) is 0. The number of rotatable bonds is 5. The summed E-state index contributed by atoms with van der Waals surface area (Å²) in [4.78, 5) is 22.4. The van der Waals surface area contributed by atoms with E-state index in [-0.39, 0.29) is 34.7 Å². The fraction of sp³-hybridized carbons (Fsp3) is 0.500. The van der Waals surface area contributed by atoms with E-state index in [2.05, 4.69) is 29.9 Å². The van der Waals surface area contributed by atoms with E-state index < -0.39 is 17.1 Å². The number of aromatic nitrogens is 4. The molecule has 7 nitrogen and oxygen atoms in total. The van der Waals surface area contributed by atoms with Crippen LogP contribution in [0, 0.1) is 28.6 Å². The molecule has 7 rings (SSSR count). The maximum Gasteiger partial charge on any atom is 0.175 e. The number of fused-ring (bicyclic) bond motifs is 6. The minimum Gasteiger partial charge on any atom is -0.393 e. The van der Waals surface area contributed by atoms with Crippen LogP contribution in [0.2, 0.25) is 0 Å². The predicted molar refractivity (Wildman–Crippen MR) is 154 cm³/mol. The lowest BCUT2D eigenvalue weighted by atomic mass is 9.45. The molecule has 4 aliphatic carbocycles. The third-order valence-corrected chi connectivity index (χ3v) is 11.8. The number of allylic oxidation sites excluding steroid dienone is 1. The van der Waals surface area contributed by atoms with E-state index in [4.69, 9.17) is 5.10 Å². The number of carbonyl (C=O) groups is 1. The Morgan fingerprint density at radius 3 is 2.67 bits per heavy atom. The molecule has 3 fully saturated rings. The van der Waals surface area contributed by atoms with E-state index >= 15 is 0 Å². The summed E-state index contributed by atoms with van der Waals surface area (Å²) in [5.74, 6) is 1.40. The number of hydrogen-bond acceptors (Lipinski definition) is 7. The first-order chi connectivity index (χ1) is 19.2. The Morgan fingerprint density at radius 1 is 1.12 bits per heavy atom. The summed E-state index contributed by atoms with van der Waals surface area (Å²) in [6.07, 6.45) is 11.6. The van der Waals surface area contributed by atoms with Crippen molar-refractivity contribution in [3.05, 3.63) is 71.8 Å². The number of Topliss-reactive ketones (excluding diaryl/α,β-unsaturated/α-hetero) is 1. The van der Waals surface area contributed by atoms with E-state index in [1.807, 2.05) is 47.3 Å². The van der Waals surface area contributed by atoms with Crippen molar-refractivity contribution < 1.29 is 15.0 Å². The van der Waals surface area contributed by atoms with Crippen LogP contribution in [-0.2, 0) is 11.2 Å². The van der Waals surface area contributed by atoms with E-state index in [0.29, 0.717) is 12.8 Å². The van der Waals surface area contributed by atoms with Gasteiger partial charge in [0.2, 0.25) is 0 Å². The van der Waals surface area contributed by atoms with Crippen LogP contribution >= 0.6 is 11.8 Å². The molecule has 0 amide bonds. The normalized spacial score (nSPS) is 36.1. The Hall–Kier alpha value is -2.81. The second-order valence-corrected chi connectivity index (χ2v) is 13.7. The molecule has 2 N–H and O–H groups in total. The molecule has 0 saturated heterocycles. The maximum absolute atomic E-state index is 13.6. The number of aliphatic hydroxyl groups excluding tert-OH is 1. The van der Waals surface area contributed by atoms with Gasteiger partial charge in [-0.2, -0.15) is 5.10 Å². The predicted octanol–water partition coefficient (Wildman–Crippen LogP) is 4.91. The molecule has 8 heteroatoms. The second kappa shape index (κ2) is 9.36. The molecule has 4 aliphatic rings. The first-order valence-electron chi connectivity index (χ1n) is 14.4. The first kappa shape index (κ1) is 26.1. The van der Waals surface area contributed by atoms with E-state index in [1.165, 1.54) is 22.9 Å². The summed E-state index contributed by atoms with van der Waals surface area (Å²) in [5.41, 5.74) is 1.39. The van der Waals surface area contributed by atoms with Gasteiger partial charge in [-0.1, -0.05) is 43.3 Å². The molecule has 7 atom stereocenters. The number of nitrogens with zero attached hydrogens (tertiary/aromatic N) is 4. The van der Waals surface area contributed by atoms with Crippen molar-refractivity contribution >= 4 is 23.6 Å². The molecule has 0 bridgehead atoms. The quantitative estimate of drug-likeness (QED) is 0.431. The van der Waals surface area contributed by atoms with E-state index in [1.54, 1.807) is 12.4 Å². The molecule has 6 unspecified atom stereocenters. The van der Waals surface area contributed by atoms with Crippen molar-refractivity contribution in [3.63, 3.8) is 0 Å². The molecular formula is C32H36N4O3S. The van der Waals surface area contributed by atoms with Crippen molar-refractivity contribution in [2.75, 3.05) is 5.75 Å². The first-order valence-corrected chi connectivity index (χ1v) is 15.4. The van der Waals surface area contributed by atoms with Crippen molar-refractivity contribution in [2.24, 2.45) is 28.6 Å². The van der Waals surface area contributed by atoms with Crippen LogP contribution in [0.25, 0.3) is 11.9 Å². The van der Waals surface area contributed by atoms with E-state index in [9.17, 15) is 15.0 Å². The molecule has 3 aromatic heterocycles. The standard InChI is InChI=1S/C32H36N4O3S/c1-30-16-20-18-35-36(27-7-3-5-13-33-27)24(20)15-21(30)9-10-22-23-11-12-32(39,31(23,2)17-25(37)29(22)30)26(38)19-40-28-8-4-6-14-34-28/h3-8,13-15,18,22-23,25,29,37,39H,9-12,16-17,19H2,1-2H3/t22?,23?,25?,29?,30?,31?,32-/m0/s1. The fourth-order valence-electron chi connectivity index (χ4n) is 9.00. The Balaban J connectivity index is 1.17. The molecule has 3 aromatic rings. The summed E-state index contributed by atoms with van der Waals surface area (Å²) in [6, 6.07) is 11.5. The minimum atomic E-state index is -1.42. The summed E-state index contributed by atoms with van der Waals surface area (Å²) >= 11 is 1.38. The van der Waals surface area contributed by atoms with Crippen molar-refractivity contribution in [1.82, 2.24) is 19.7 Å². The lowest BCUT2D eigenvalue weighted by molar-refractivity contribution is -0.177. The Morgan fingerprint density at radius 2 is 1.93 bits per heavy atom. The third kappa shape index (κ3) is 3.72. The van der Waals surface area contributed by atoms with Crippen LogP contribution in [0.15, 0.2) is 65.6 Å². The Bertz CT molecular complexity index is 1480. The number of hydrogen-bond donors (Lipinski definition) is 2. The molecule has 0 aromatic carbocycles. The molecule has 40 heavy (non-hydrogen) atoms. The fourth-order valence-corrected chi connectivity index (χ4v) is 9.83. The van der Waals surface area contributed by atoms with Gasteiger partial charge in [-0.25, -0.2) is 14.6 Å². The van der Waals surface area contributed by atoms with Gasteiger partial charge in [0.15, 0.2) is 11.6 Å². The molecule has 0 aliphatic heterocycles. The zero-order valence-corrected chi connectivity index (χ0v) is 23.8. The van der Waals surface area contributed by atoms with Crippen molar-refractivity contribution in [2.45, 2.75) is 69.1 Å². The highest BCUT2D eigenvalue weighted by Crippen LogP contribution is 2.67. The van der Waals surface area contributed by atoms with Gasteiger partial charge >= 0.3 is 0 Å². The summed E-state index contributed by atoms with van der Waals surface area (Å²) < 4.78 is 1.92. The lowest BCUT2D eigenvalue weighted by Crippen LogP contribution is -2.62. The SMILES string of the molecule is CC12Cc3cnn(-c4ccccn4)c3C=C1CCC1C2C(O)CC2(C)C1CC[C@]2(O)C(=O)CSc1ccccn1. The van der Waals surface area contributed by atoms with Gasteiger partial charge in [-0.05, 0) is 97.6 Å². The van der Waals surface area contributed by atoms with Crippen LogP contribution in [0.1, 0.15) is 57.2 Å². The number of pyridine rings is 2. The van der Waals surface area contributed by atoms with Crippen LogP contribution in [0.4, 0.5) is 0 Å². The highest BCUT2D eigenvalue weighted by atomic mass is 32.2. The summed E-state index contributed by atoms with van der Waals surface area (Å²) in [6.45, 7) is 4.38. The van der Waals surface area contributed by atoms with E-state index in [0.717, 1.165) is 42.2 Å². The van der Waals surface area contributed by atoms with Gasteiger partial charge in [-0.3, -0.25) is 4.79 Å². The van der Waals surface area contributed by atoms with Gasteiger partial charge < -0.3 is 10.2 Å². The topological polar surface area (TPSA) is 101 Å². The second-order valence-electron chi connectivity index (χ2n) is 12.7. The zero-order valence-electron chi connectivity index (χ0n) is 23.0. The average Bonchev–Trinajstić information content (AvgIpc) is 3.48. The smallest absolute Gasteiger partial charge is 0.175 e. The largest absolute Gasteiger partial charge is 0.393 e. The van der Waals surface area contributed by atoms with Gasteiger partial charge in [0.05, 0.1) is 28.8 Å². The van der Waals surface area contributed by atoms with Crippen LogP contribution in [0.3, 0.4) is 0 Å². The molecule has 3 saturated carbocycles. The van der Waals surface area contributed by atoms with Crippen molar-refractivity contribution in [1.29, 1.82) is 0 Å².